The van der Waals surface area contributed by atoms with Crippen LogP contribution in [0.5, 0.6) is 5.88 Å². The summed E-state index contributed by atoms with van der Waals surface area (Å²) in [5.41, 5.74) is -0.0798. The Balaban J connectivity index is 2.30. The van der Waals surface area contributed by atoms with Crippen molar-refractivity contribution in [2.75, 3.05) is 0 Å². The average molecular weight is 427 g/mol. The Labute approximate surface area is 177 Å². The standard InChI is InChI=1S/C22H16Cl2N2O3/c1-12-17(11-25)21(28)26(13(2)14-6-4-3-5-7-14)22(29)19(12)20(27)16-9-8-15(23)10-18(16)24/h3-10,13,29H,1-2H3. The molecule has 1 unspecified atom stereocenters. The molecule has 0 aliphatic carbocycles. The van der Waals surface area contributed by atoms with Crippen molar-refractivity contribution in [3.63, 3.8) is 0 Å². The molecule has 3 rings (SSSR count). The van der Waals surface area contributed by atoms with Crippen molar-refractivity contribution in [1.29, 1.82) is 5.26 Å². The lowest BCUT2D eigenvalue weighted by molar-refractivity contribution is 0.103. The van der Waals surface area contributed by atoms with E-state index in [9.17, 15) is 20.0 Å². The van der Waals surface area contributed by atoms with Crippen LogP contribution in [-0.2, 0) is 0 Å². The van der Waals surface area contributed by atoms with Crippen LogP contribution in [0.15, 0.2) is 53.3 Å². The topological polar surface area (TPSA) is 83.1 Å². The molecule has 0 spiro atoms. The summed E-state index contributed by atoms with van der Waals surface area (Å²) in [7, 11) is 0. The minimum absolute atomic E-state index is 0.0996. The second-order valence-corrected chi connectivity index (χ2v) is 7.37. The number of aromatic hydroxyl groups is 1. The summed E-state index contributed by atoms with van der Waals surface area (Å²) < 4.78 is 1.05. The maximum atomic E-state index is 13.2. The van der Waals surface area contributed by atoms with Gasteiger partial charge in [-0.2, -0.15) is 5.26 Å². The molecule has 146 valence electrons. The molecule has 2 aromatic carbocycles. The lowest BCUT2D eigenvalue weighted by Gasteiger charge is -2.21. The van der Waals surface area contributed by atoms with Gasteiger partial charge in [0.05, 0.1) is 16.6 Å². The summed E-state index contributed by atoms with van der Waals surface area (Å²) in [6.07, 6.45) is 0. The third-order valence-electron chi connectivity index (χ3n) is 4.82. The number of benzene rings is 2. The first-order chi connectivity index (χ1) is 13.8. The van der Waals surface area contributed by atoms with Crippen LogP contribution in [-0.4, -0.2) is 15.5 Å². The van der Waals surface area contributed by atoms with Crippen molar-refractivity contribution < 1.29 is 9.90 Å². The third kappa shape index (κ3) is 3.65. The first-order valence-corrected chi connectivity index (χ1v) is 9.46. The first-order valence-electron chi connectivity index (χ1n) is 8.70. The number of carbonyl (C=O) groups excluding carboxylic acids is 1. The van der Waals surface area contributed by atoms with E-state index in [1.807, 2.05) is 12.1 Å². The zero-order valence-corrected chi connectivity index (χ0v) is 17.1. The van der Waals surface area contributed by atoms with Gasteiger partial charge in [0.2, 0.25) is 5.88 Å². The van der Waals surface area contributed by atoms with E-state index < -0.39 is 23.3 Å². The number of nitriles is 1. The summed E-state index contributed by atoms with van der Waals surface area (Å²) in [6.45, 7) is 3.16. The molecule has 3 aromatic rings. The largest absolute Gasteiger partial charge is 0.494 e. The van der Waals surface area contributed by atoms with Crippen LogP contribution < -0.4 is 5.56 Å². The van der Waals surface area contributed by atoms with Crippen molar-refractivity contribution in [3.8, 4) is 11.9 Å². The minimum Gasteiger partial charge on any atom is -0.494 e. The number of pyridine rings is 1. The van der Waals surface area contributed by atoms with E-state index in [1.54, 1.807) is 31.2 Å². The molecule has 0 amide bonds. The number of hydrogen-bond acceptors (Lipinski definition) is 4. The van der Waals surface area contributed by atoms with Gasteiger partial charge in [-0.1, -0.05) is 53.5 Å². The number of ketones is 1. The molecule has 1 N–H and O–H groups in total. The highest BCUT2D eigenvalue weighted by atomic mass is 35.5. The highest BCUT2D eigenvalue weighted by Crippen LogP contribution is 2.31. The number of hydrogen-bond donors (Lipinski definition) is 1. The molecule has 1 atom stereocenters. The summed E-state index contributed by atoms with van der Waals surface area (Å²) in [4.78, 5) is 26.1. The van der Waals surface area contributed by atoms with E-state index in [-0.39, 0.29) is 27.3 Å². The van der Waals surface area contributed by atoms with Crippen molar-refractivity contribution in [3.05, 3.63) is 96.7 Å². The van der Waals surface area contributed by atoms with Gasteiger partial charge in [0, 0.05) is 10.6 Å². The Hall–Kier alpha value is -3.07. The molecular formula is C22H16Cl2N2O3. The van der Waals surface area contributed by atoms with E-state index in [0.717, 1.165) is 10.1 Å². The number of halogens is 2. The van der Waals surface area contributed by atoms with Crippen LogP contribution in [0.25, 0.3) is 0 Å². The summed E-state index contributed by atoms with van der Waals surface area (Å²) >= 11 is 12.1. The number of aromatic nitrogens is 1. The van der Waals surface area contributed by atoms with E-state index >= 15 is 0 Å². The van der Waals surface area contributed by atoms with Crippen molar-refractivity contribution in [2.24, 2.45) is 0 Å². The molecule has 7 heteroatoms. The molecule has 29 heavy (non-hydrogen) atoms. The zero-order chi connectivity index (χ0) is 21.3. The fourth-order valence-corrected chi connectivity index (χ4v) is 3.74. The van der Waals surface area contributed by atoms with Crippen LogP contribution >= 0.6 is 23.2 Å². The predicted molar refractivity (Wildman–Crippen MR) is 112 cm³/mol. The van der Waals surface area contributed by atoms with E-state index in [4.69, 9.17) is 23.2 Å². The molecule has 0 radical (unpaired) electrons. The second-order valence-electron chi connectivity index (χ2n) is 6.53. The fraction of sp³-hybridized carbons (Fsp3) is 0.136. The van der Waals surface area contributed by atoms with Gasteiger partial charge in [0.15, 0.2) is 5.78 Å². The molecule has 0 fully saturated rings. The highest BCUT2D eigenvalue weighted by molar-refractivity contribution is 6.37. The SMILES string of the molecule is Cc1c(C(=O)c2ccc(Cl)cc2Cl)c(O)n(C(C)c2ccccc2)c(=O)c1C#N. The monoisotopic (exact) mass is 426 g/mol. The molecule has 0 aliphatic heterocycles. The van der Waals surface area contributed by atoms with Gasteiger partial charge in [0.1, 0.15) is 11.6 Å². The highest BCUT2D eigenvalue weighted by Gasteiger charge is 2.28. The molecule has 1 aromatic heterocycles. The average Bonchev–Trinajstić information content (AvgIpc) is 2.68. The van der Waals surface area contributed by atoms with Gasteiger partial charge >= 0.3 is 0 Å². The molecule has 0 bridgehead atoms. The third-order valence-corrected chi connectivity index (χ3v) is 5.37. The van der Waals surface area contributed by atoms with Crippen LogP contribution in [0.4, 0.5) is 0 Å². The zero-order valence-electron chi connectivity index (χ0n) is 15.6. The Morgan fingerprint density at radius 2 is 1.83 bits per heavy atom. The quantitative estimate of drug-likeness (QED) is 0.602. The first kappa shape index (κ1) is 20.7. The maximum absolute atomic E-state index is 13.2. The summed E-state index contributed by atoms with van der Waals surface area (Å²) in [6, 6.07) is 14.6. The van der Waals surface area contributed by atoms with Crippen LogP contribution in [0.3, 0.4) is 0 Å². The lowest BCUT2D eigenvalue weighted by Crippen LogP contribution is -2.29. The van der Waals surface area contributed by atoms with Crippen molar-refractivity contribution in [1.82, 2.24) is 4.57 Å². The number of carbonyl (C=O) groups is 1. The van der Waals surface area contributed by atoms with Gasteiger partial charge in [-0.15, -0.1) is 0 Å². The molecule has 0 saturated heterocycles. The Bertz CT molecular complexity index is 1210. The Morgan fingerprint density at radius 3 is 2.41 bits per heavy atom. The molecule has 0 aliphatic rings. The van der Waals surface area contributed by atoms with Crippen molar-refractivity contribution >= 4 is 29.0 Å². The number of nitrogens with zero attached hydrogens (tertiary/aromatic N) is 2. The van der Waals surface area contributed by atoms with Crippen molar-refractivity contribution in [2.45, 2.75) is 19.9 Å². The van der Waals surface area contributed by atoms with Gasteiger partial charge in [-0.3, -0.25) is 14.2 Å². The summed E-state index contributed by atoms with van der Waals surface area (Å²) in [5, 5.41) is 20.9. The second kappa shape index (κ2) is 8.12. The van der Waals surface area contributed by atoms with Crippen LogP contribution in [0.1, 0.15) is 45.6 Å². The summed E-state index contributed by atoms with van der Waals surface area (Å²) in [5.74, 6) is -1.12. The van der Waals surface area contributed by atoms with Gasteiger partial charge in [-0.25, -0.2) is 0 Å². The van der Waals surface area contributed by atoms with Crippen LogP contribution in [0.2, 0.25) is 10.0 Å². The van der Waals surface area contributed by atoms with Gasteiger partial charge in [-0.05, 0) is 43.2 Å². The predicted octanol–water partition coefficient (Wildman–Crippen LogP) is 4.88. The Morgan fingerprint density at radius 1 is 1.17 bits per heavy atom. The lowest BCUT2D eigenvalue weighted by atomic mass is 9.96. The molecule has 1 heterocycles. The fourth-order valence-electron chi connectivity index (χ4n) is 3.24. The molecule has 0 saturated carbocycles. The van der Waals surface area contributed by atoms with Gasteiger partial charge < -0.3 is 5.11 Å². The van der Waals surface area contributed by atoms with Crippen LogP contribution in [0, 0.1) is 18.3 Å². The minimum atomic E-state index is -0.669. The maximum Gasteiger partial charge on any atom is 0.272 e. The Kier molecular flexibility index (Phi) is 5.78. The molecule has 5 nitrogen and oxygen atoms in total. The van der Waals surface area contributed by atoms with Gasteiger partial charge in [0.25, 0.3) is 5.56 Å². The smallest absolute Gasteiger partial charge is 0.272 e. The van der Waals surface area contributed by atoms with E-state index in [1.165, 1.54) is 25.1 Å². The van der Waals surface area contributed by atoms with E-state index in [2.05, 4.69) is 0 Å². The number of rotatable bonds is 4. The normalized spacial score (nSPS) is 11.7. The molecular weight excluding hydrogens is 411 g/mol. The van der Waals surface area contributed by atoms with E-state index in [0.29, 0.717) is 5.02 Å².